The van der Waals surface area contributed by atoms with Gasteiger partial charge in [-0.1, -0.05) is 18.2 Å². The Morgan fingerprint density at radius 3 is 2.06 bits per heavy atom. The van der Waals surface area contributed by atoms with Crippen LogP contribution in [0.3, 0.4) is 0 Å². The van der Waals surface area contributed by atoms with Crippen LogP contribution in [-0.4, -0.2) is 63.3 Å². The quantitative estimate of drug-likeness (QED) is 0.248. The van der Waals surface area contributed by atoms with E-state index in [2.05, 4.69) is 25.6 Å². The van der Waals surface area contributed by atoms with Crippen molar-refractivity contribution in [1.82, 2.24) is 25.6 Å². The van der Waals surface area contributed by atoms with E-state index in [0.29, 0.717) is 12.8 Å². The first-order valence-corrected chi connectivity index (χ1v) is 10.2. The van der Waals surface area contributed by atoms with E-state index in [-0.39, 0.29) is 0 Å². The molecule has 0 fully saturated rings. The first-order valence-electron chi connectivity index (χ1n) is 10.2. The van der Waals surface area contributed by atoms with Gasteiger partial charge in [0, 0.05) is 47.7 Å². The number of H-pyrrole nitrogens is 2. The number of nitrogens with zero attached hydrogens (tertiary/aromatic N) is 1. The smallest absolute Gasteiger partial charge is 0.321 e. The highest BCUT2D eigenvalue weighted by Gasteiger charge is 2.18. The molecule has 0 saturated heterocycles. The molecule has 4 aromatic rings. The normalized spacial score (nSPS) is 12.8. The fraction of sp³-hybridized carbons (Fsp3) is 0.261. The van der Waals surface area contributed by atoms with Crippen molar-refractivity contribution in [2.45, 2.75) is 24.9 Å². The van der Waals surface area contributed by atoms with Crippen LogP contribution in [0, 0.1) is 0 Å². The third kappa shape index (κ3) is 5.32. The summed E-state index contributed by atoms with van der Waals surface area (Å²) < 4.78 is 0. The van der Waals surface area contributed by atoms with Crippen LogP contribution >= 0.6 is 0 Å². The van der Waals surface area contributed by atoms with Crippen molar-refractivity contribution in [1.29, 1.82) is 0 Å². The molecule has 1 aromatic carbocycles. The molecule has 9 nitrogen and oxygen atoms in total. The summed E-state index contributed by atoms with van der Waals surface area (Å²) in [5.74, 6) is -1.67. The summed E-state index contributed by atoms with van der Waals surface area (Å²) in [7, 11) is 3.31. The van der Waals surface area contributed by atoms with Crippen LogP contribution in [0.15, 0.2) is 55.0 Å². The van der Waals surface area contributed by atoms with E-state index in [1.807, 2.05) is 48.8 Å². The summed E-state index contributed by atoms with van der Waals surface area (Å²) in [6.45, 7) is 0. The third-order valence-electron chi connectivity index (χ3n) is 5.35. The van der Waals surface area contributed by atoms with Gasteiger partial charge in [0.1, 0.15) is 17.7 Å². The minimum Gasteiger partial charge on any atom is -0.480 e. The predicted molar refractivity (Wildman–Crippen MR) is 123 cm³/mol. The first-order chi connectivity index (χ1) is 15.4. The lowest BCUT2D eigenvalue weighted by Gasteiger charge is -2.09. The molecule has 0 radical (unpaired) electrons. The van der Waals surface area contributed by atoms with Gasteiger partial charge in [-0.25, -0.2) is 4.98 Å². The third-order valence-corrected chi connectivity index (χ3v) is 5.35. The van der Waals surface area contributed by atoms with E-state index in [9.17, 15) is 9.59 Å². The lowest BCUT2D eigenvalue weighted by molar-refractivity contribution is -0.140. The van der Waals surface area contributed by atoms with Crippen molar-refractivity contribution in [2.75, 3.05) is 14.1 Å². The van der Waals surface area contributed by atoms with Crippen molar-refractivity contribution in [3.05, 3.63) is 66.1 Å². The largest absolute Gasteiger partial charge is 0.480 e. The Labute approximate surface area is 184 Å². The monoisotopic (exact) mass is 437 g/mol. The molecule has 9 heteroatoms. The van der Waals surface area contributed by atoms with Crippen molar-refractivity contribution in [2.24, 2.45) is 0 Å². The second-order valence-electron chi connectivity index (χ2n) is 7.34. The Morgan fingerprint density at radius 1 is 0.875 bits per heavy atom. The molecule has 0 aliphatic heterocycles. The summed E-state index contributed by atoms with van der Waals surface area (Å²) in [4.78, 5) is 32.1. The lowest BCUT2D eigenvalue weighted by Crippen LogP contribution is -2.35. The zero-order valence-electron chi connectivity index (χ0n) is 17.9. The van der Waals surface area contributed by atoms with Gasteiger partial charge in [0.15, 0.2) is 0 Å². The van der Waals surface area contributed by atoms with Crippen LogP contribution in [-0.2, 0) is 22.4 Å². The van der Waals surface area contributed by atoms with Gasteiger partial charge in [-0.3, -0.25) is 9.59 Å². The van der Waals surface area contributed by atoms with Crippen LogP contribution in [0.5, 0.6) is 0 Å². The maximum absolute atomic E-state index is 10.9. The molecular formula is C23H27N5O4. The average molecular weight is 438 g/mol. The predicted octanol–water partition coefficient (Wildman–Crippen LogP) is 2.16. The SMILES string of the molecule is CN[C@@H](Cc1c[nH]c2ccccc12)C(=O)O.CN[C@@H](Cc1c[nH]c2ncccc12)C(=O)O. The fourth-order valence-electron chi connectivity index (χ4n) is 3.55. The molecule has 0 spiro atoms. The van der Waals surface area contributed by atoms with E-state index in [4.69, 9.17) is 10.2 Å². The maximum atomic E-state index is 10.9. The van der Waals surface area contributed by atoms with Crippen LogP contribution in [0.25, 0.3) is 21.9 Å². The summed E-state index contributed by atoms with van der Waals surface area (Å²) in [5.41, 5.74) is 3.82. The van der Waals surface area contributed by atoms with Crippen molar-refractivity contribution in [3.8, 4) is 0 Å². The number of carboxylic acid groups (broad SMARTS) is 2. The van der Waals surface area contributed by atoms with Gasteiger partial charge in [-0.05, 0) is 43.4 Å². The van der Waals surface area contributed by atoms with Crippen LogP contribution in [0.1, 0.15) is 11.1 Å². The van der Waals surface area contributed by atoms with Crippen LogP contribution in [0.2, 0.25) is 0 Å². The molecule has 0 saturated carbocycles. The fourth-order valence-corrected chi connectivity index (χ4v) is 3.55. The maximum Gasteiger partial charge on any atom is 0.321 e. The molecule has 3 heterocycles. The van der Waals surface area contributed by atoms with Gasteiger partial charge < -0.3 is 30.8 Å². The van der Waals surface area contributed by atoms with Gasteiger partial charge >= 0.3 is 11.9 Å². The number of carboxylic acids is 2. The van der Waals surface area contributed by atoms with E-state index in [1.165, 1.54) is 0 Å². The number of fused-ring (bicyclic) bond motifs is 2. The molecule has 0 aliphatic rings. The number of aromatic nitrogens is 3. The van der Waals surface area contributed by atoms with Crippen molar-refractivity contribution >= 4 is 33.9 Å². The second kappa shape index (κ2) is 10.6. The Kier molecular flexibility index (Phi) is 7.58. The number of benzene rings is 1. The van der Waals surface area contributed by atoms with Crippen LogP contribution < -0.4 is 10.6 Å². The first kappa shape index (κ1) is 23.0. The zero-order chi connectivity index (χ0) is 23.1. The molecular weight excluding hydrogens is 410 g/mol. The Balaban J connectivity index is 0.000000181. The summed E-state index contributed by atoms with van der Waals surface area (Å²) in [5, 5.41) is 25.6. The van der Waals surface area contributed by atoms with Gasteiger partial charge in [0.25, 0.3) is 0 Å². The number of carbonyl (C=O) groups is 2. The van der Waals surface area contributed by atoms with Crippen LogP contribution in [0.4, 0.5) is 0 Å². The zero-order valence-corrected chi connectivity index (χ0v) is 17.9. The van der Waals surface area contributed by atoms with E-state index in [0.717, 1.165) is 33.1 Å². The number of pyridine rings is 1. The van der Waals surface area contributed by atoms with Crippen molar-refractivity contribution in [3.63, 3.8) is 0 Å². The molecule has 6 N–H and O–H groups in total. The van der Waals surface area contributed by atoms with Gasteiger partial charge in [0.2, 0.25) is 0 Å². The summed E-state index contributed by atoms with van der Waals surface area (Å²) >= 11 is 0. The standard InChI is InChI=1S/C12H14N2O2.C11H13N3O2/c1-13-11(12(15)16)6-8-7-14-10-5-3-2-4-9(8)10;1-12-9(11(15)16)5-7-6-14-10-8(7)3-2-4-13-10/h2-5,7,11,13-14H,6H2,1H3,(H,15,16);2-4,6,9,12H,5H2,1H3,(H,13,14)(H,15,16)/t11-;9-/m00/s1. The van der Waals surface area contributed by atoms with Crippen molar-refractivity contribution < 1.29 is 19.8 Å². The summed E-state index contributed by atoms with van der Waals surface area (Å²) in [6, 6.07) is 10.5. The second-order valence-corrected chi connectivity index (χ2v) is 7.34. The molecule has 0 aliphatic carbocycles. The minimum absolute atomic E-state index is 0.442. The molecule has 0 amide bonds. The Morgan fingerprint density at radius 2 is 1.44 bits per heavy atom. The highest BCUT2D eigenvalue weighted by atomic mass is 16.4. The number of hydrogen-bond acceptors (Lipinski definition) is 5. The topological polar surface area (TPSA) is 143 Å². The minimum atomic E-state index is -0.847. The molecule has 0 bridgehead atoms. The highest BCUT2D eigenvalue weighted by Crippen LogP contribution is 2.19. The number of nitrogens with one attached hydrogen (secondary N) is 4. The molecule has 4 rings (SSSR count). The summed E-state index contributed by atoms with van der Waals surface area (Å²) in [6.07, 6.45) is 6.31. The molecule has 2 atom stereocenters. The molecule has 3 aromatic heterocycles. The number of aromatic amines is 2. The highest BCUT2D eigenvalue weighted by molar-refractivity contribution is 5.84. The number of likely N-dealkylation sites (N-methyl/N-ethyl adjacent to an activating group) is 2. The van der Waals surface area contributed by atoms with Gasteiger partial charge in [-0.15, -0.1) is 0 Å². The number of aliphatic carboxylic acids is 2. The Hall–Kier alpha value is -3.69. The van der Waals surface area contributed by atoms with E-state index in [1.54, 1.807) is 20.3 Å². The van der Waals surface area contributed by atoms with E-state index < -0.39 is 24.0 Å². The van der Waals surface area contributed by atoms with Gasteiger partial charge in [-0.2, -0.15) is 0 Å². The average Bonchev–Trinajstić information content (AvgIpc) is 3.40. The Bertz CT molecular complexity index is 1110. The van der Waals surface area contributed by atoms with Gasteiger partial charge in [0.05, 0.1) is 0 Å². The molecule has 168 valence electrons. The number of rotatable bonds is 8. The number of para-hydroxylation sites is 1. The molecule has 32 heavy (non-hydrogen) atoms. The molecule has 0 unspecified atom stereocenters. The number of hydrogen-bond donors (Lipinski definition) is 6. The van der Waals surface area contributed by atoms with E-state index >= 15 is 0 Å². The lowest BCUT2D eigenvalue weighted by atomic mass is 10.1.